The summed E-state index contributed by atoms with van der Waals surface area (Å²) in [6, 6.07) is 11.8. The molecule has 3 aromatic rings. The quantitative estimate of drug-likeness (QED) is 0.611. The lowest BCUT2D eigenvalue weighted by Crippen LogP contribution is -2.26. The molecule has 1 saturated heterocycles. The molecule has 0 aliphatic carbocycles. The van der Waals surface area contributed by atoms with E-state index in [0.717, 1.165) is 34.6 Å². The number of benzene rings is 1. The molecule has 1 aliphatic heterocycles. The van der Waals surface area contributed by atoms with Gasteiger partial charge in [0.1, 0.15) is 5.82 Å². The molecule has 1 N–H and O–H groups in total. The van der Waals surface area contributed by atoms with Gasteiger partial charge in [-0.2, -0.15) is 0 Å². The minimum atomic E-state index is -0.245. The Hall–Kier alpha value is -2.74. The van der Waals surface area contributed by atoms with E-state index in [1.165, 1.54) is 25.7 Å². The molecule has 0 radical (unpaired) electrons. The standard InChI is InChI=1S/C22H25BrN6O/c1-16-21(26-27-29(16)19-8-6-7-18(23)13-19)22(30)25-15-17-9-10-20(24-14-17)28-11-4-2-3-5-12-28/h6-10,13-14H,2-5,11-12,15H2,1H3,(H,25,30). The zero-order valence-electron chi connectivity index (χ0n) is 17.0. The molecule has 7 nitrogen and oxygen atoms in total. The molecule has 4 rings (SSSR count). The lowest BCUT2D eigenvalue weighted by Gasteiger charge is -2.21. The third kappa shape index (κ3) is 4.70. The number of aromatic nitrogens is 4. The van der Waals surface area contributed by atoms with Crippen LogP contribution in [0, 0.1) is 6.92 Å². The summed E-state index contributed by atoms with van der Waals surface area (Å²) in [5.74, 6) is 0.769. The number of amides is 1. The first-order valence-electron chi connectivity index (χ1n) is 10.3. The maximum atomic E-state index is 12.6. The average Bonchev–Trinajstić information content (AvgIpc) is 2.96. The van der Waals surface area contributed by atoms with E-state index in [2.05, 4.69) is 41.4 Å². The van der Waals surface area contributed by atoms with Gasteiger partial charge in [0.2, 0.25) is 0 Å². The van der Waals surface area contributed by atoms with E-state index in [0.29, 0.717) is 17.9 Å². The van der Waals surface area contributed by atoms with E-state index in [1.807, 2.05) is 49.5 Å². The van der Waals surface area contributed by atoms with Crippen molar-refractivity contribution in [2.45, 2.75) is 39.2 Å². The number of carbonyl (C=O) groups excluding carboxylic acids is 1. The van der Waals surface area contributed by atoms with E-state index in [1.54, 1.807) is 4.68 Å². The fourth-order valence-electron chi connectivity index (χ4n) is 3.67. The summed E-state index contributed by atoms with van der Waals surface area (Å²) in [6.07, 6.45) is 6.88. The summed E-state index contributed by atoms with van der Waals surface area (Å²) < 4.78 is 2.61. The molecular weight excluding hydrogens is 444 g/mol. The Morgan fingerprint density at radius 3 is 2.63 bits per heavy atom. The second-order valence-electron chi connectivity index (χ2n) is 7.52. The molecule has 0 saturated carbocycles. The second-order valence-corrected chi connectivity index (χ2v) is 8.44. The Morgan fingerprint density at radius 2 is 1.93 bits per heavy atom. The fourth-order valence-corrected chi connectivity index (χ4v) is 4.05. The van der Waals surface area contributed by atoms with E-state index in [9.17, 15) is 4.79 Å². The molecule has 0 bridgehead atoms. The fraction of sp³-hybridized carbons (Fsp3) is 0.364. The highest BCUT2D eigenvalue weighted by atomic mass is 79.9. The SMILES string of the molecule is Cc1c(C(=O)NCc2ccc(N3CCCCCC3)nc2)nnn1-c1cccc(Br)c1. The number of nitrogens with one attached hydrogen (secondary N) is 1. The highest BCUT2D eigenvalue weighted by Crippen LogP contribution is 2.19. The first-order valence-corrected chi connectivity index (χ1v) is 11.1. The summed E-state index contributed by atoms with van der Waals surface area (Å²) in [6.45, 7) is 4.37. The van der Waals surface area contributed by atoms with E-state index < -0.39 is 0 Å². The van der Waals surface area contributed by atoms with Crippen molar-refractivity contribution >= 4 is 27.7 Å². The number of halogens is 1. The van der Waals surface area contributed by atoms with Crippen LogP contribution in [0.25, 0.3) is 5.69 Å². The number of hydrogen-bond donors (Lipinski definition) is 1. The minimum Gasteiger partial charge on any atom is -0.357 e. The molecule has 3 heterocycles. The molecule has 1 amide bonds. The van der Waals surface area contributed by atoms with Crippen molar-refractivity contribution in [1.29, 1.82) is 0 Å². The van der Waals surface area contributed by atoms with Gasteiger partial charge in [-0.3, -0.25) is 4.79 Å². The molecule has 2 aromatic heterocycles. The molecular formula is C22H25BrN6O. The van der Waals surface area contributed by atoms with Gasteiger partial charge in [-0.1, -0.05) is 46.1 Å². The molecule has 1 aliphatic rings. The normalized spacial score (nSPS) is 14.4. The maximum Gasteiger partial charge on any atom is 0.274 e. The molecule has 0 spiro atoms. The van der Waals surface area contributed by atoms with E-state index in [-0.39, 0.29) is 5.91 Å². The van der Waals surface area contributed by atoms with Gasteiger partial charge in [0.15, 0.2) is 5.69 Å². The third-order valence-electron chi connectivity index (χ3n) is 5.35. The summed E-state index contributed by atoms with van der Waals surface area (Å²) in [5, 5.41) is 11.1. The van der Waals surface area contributed by atoms with Crippen LogP contribution in [0.1, 0.15) is 47.4 Å². The molecule has 1 aromatic carbocycles. The maximum absolute atomic E-state index is 12.6. The number of hydrogen-bond acceptors (Lipinski definition) is 5. The molecule has 8 heteroatoms. The highest BCUT2D eigenvalue weighted by molar-refractivity contribution is 9.10. The summed E-state index contributed by atoms with van der Waals surface area (Å²) >= 11 is 3.45. The number of anilines is 1. The lowest BCUT2D eigenvalue weighted by atomic mass is 10.2. The predicted molar refractivity (Wildman–Crippen MR) is 120 cm³/mol. The molecule has 30 heavy (non-hydrogen) atoms. The average molecular weight is 469 g/mol. The van der Waals surface area contributed by atoms with Crippen LogP contribution in [0.2, 0.25) is 0 Å². The van der Waals surface area contributed by atoms with Crippen molar-refractivity contribution in [2.75, 3.05) is 18.0 Å². The molecule has 0 atom stereocenters. The van der Waals surface area contributed by atoms with Crippen LogP contribution in [0.4, 0.5) is 5.82 Å². The smallest absolute Gasteiger partial charge is 0.274 e. The Kier molecular flexibility index (Phi) is 6.42. The van der Waals surface area contributed by atoms with E-state index >= 15 is 0 Å². The van der Waals surface area contributed by atoms with Crippen LogP contribution in [0.15, 0.2) is 47.1 Å². The zero-order valence-corrected chi connectivity index (χ0v) is 18.6. The van der Waals surface area contributed by atoms with Gasteiger partial charge in [-0.05, 0) is 49.6 Å². The first-order chi connectivity index (χ1) is 14.6. The third-order valence-corrected chi connectivity index (χ3v) is 5.85. The Bertz CT molecular complexity index is 1010. The van der Waals surface area contributed by atoms with Crippen molar-refractivity contribution in [3.05, 3.63) is 64.0 Å². The summed E-state index contributed by atoms with van der Waals surface area (Å²) in [5.41, 5.74) is 2.82. The largest absolute Gasteiger partial charge is 0.357 e. The van der Waals surface area contributed by atoms with E-state index in [4.69, 9.17) is 0 Å². The first kappa shape index (κ1) is 20.5. The summed E-state index contributed by atoms with van der Waals surface area (Å²) in [7, 11) is 0. The van der Waals surface area contributed by atoms with Crippen LogP contribution >= 0.6 is 15.9 Å². The van der Waals surface area contributed by atoms with Crippen molar-refractivity contribution < 1.29 is 4.79 Å². The van der Waals surface area contributed by atoms with Gasteiger partial charge >= 0.3 is 0 Å². The number of nitrogens with zero attached hydrogens (tertiary/aromatic N) is 5. The van der Waals surface area contributed by atoms with Gasteiger partial charge in [-0.15, -0.1) is 5.10 Å². The van der Waals surface area contributed by atoms with Crippen LogP contribution in [-0.2, 0) is 6.54 Å². The Balaban J connectivity index is 1.39. The Labute approximate surface area is 184 Å². The number of rotatable bonds is 5. The van der Waals surface area contributed by atoms with Gasteiger partial charge in [0.25, 0.3) is 5.91 Å². The Morgan fingerprint density at radius 1 is 1.13 bits per heavy atom. The van der Waals surface area contributed by atoms with Gasteiger partial charge in [0.05, 0.1) is 11.4 Å². The van der Waals surface area contributed by atoms with Gasteiger partial charge < -0.3 is 10.2 Å². The van der Waals surface area contributed by atoms with Crippen LogP contribution < -0.4 is 10.2 Å². The minimum absolute atomic E-state index is 0.245. The number of pyridine rings is 1. The van der Waals surface area contributed by atoms with Crippen LogP contribution in [0.5, 0.6) is 0 Å². The van der Waals surface area contributed by atoms with Crippen molar-refractivity contribution in [2.24, 2.45) is 0 Å². The number of carbonyl (C=O) groups is 1. The monoisotopic (exact) mass is 468 g/mol. The highest BCUT2D eigenvalue weighted by Gasteiger charge is 2.17. The molecule has 0 unspecified atom stereocenters. The van der Waals surface area contributed by atoms with Gasteiger partial charge in [0, 0.05) is 30.3 Å². The molecule has 1 fully saturated rings. The van der Waals surface area contributed by atoms with Crippen molar-refractivity contribution in [3.8, 4) is 5.69 Å². The van der Waals surface area contributed by atoms with Crippen LogP contribution in [0.3, 0.4) is 0 Å². The van der Waals surface area contributed by atoms with Crippen molar-refractivity contribution in [1.82, 2.24) is 25.3 Å². The summed E-state index contributed by atoms with van der Waals surface area (Å²) in [4.78, 5) is 19.6. The topological polar surface area (TPSA) is 75.9 Å². The zero-order chi connectivity index (χ0) is 20.9. The predicted octanol–water partition coefficient (Wildman–Crippen LogP) is 4.04. The lowest BCUT2D eigenvalue weighted by molar-refractivity contribution is 0.0945. The van der Waals surface area contributed by atoms with Crippen LogP contribution in [-0.4, -0.2) is 39.0 Å². The van der Waals surface area contributed by atoms with Gasteiger partial charge in [-0.25, -0.2) is 9.67 Å². The second kappa shape index (κ2) is 9.38. The van der Waals surface area contributed by atoms with Crippen molar-refractivity contribution in [3.63, 3.8) is 0 Å². The molecule has 156 valence electrons.